The number of hydrogen-bond donors (Lipinski definition) is 4. The lowest BCUT2D eigenvalue weighted by Gasteiger charge is -2.56. The van der Waals surface area contributed by atoms with E-state index >= 15 is 0 Å². The molecule has 0 amide bonds. The lowest BCUT2D eigenvalue weighted by atomic mass is 9.80. The maximum atomic E-state index is 11.8. The number of rotatable bonds is 4. The molecule has 408 valence electrons. The molecule has 0 saturated carbocycles. The van der Waals surface area contributed by atoms with Crippen molar-refractivity contribution in [2.24, 2.45) is 0 Å². The molecule has 0 aromatic heterocycles. The quantitative estimate of drug-likeness (QED) is 0.181. The average Bonchev–Trinajstić information content (AvgIpc) is 3.70. The largest absolute Gasteiger partial charge is 0.390 e. The monoisotopic (exact) mass is 1030 g/mol. The number of allylic oxidation sites excluding steroid dienone is 3. The Hall–Kier alpha value is -1.53. The maximum Gasteiger partial charge on any atom is 0.145 e. The van der Waals surface area contributed by atoms with Gasteiger partial charge in [-0.1, -0.05) is 18.2 Å². The van der Waals surface area contributed by atoms with Crippen LogP contribution in [0, 0.1) is 0 Å². The molecule has 0 radical (unpaired) electrons. The first-order valence-electron chi connectivity index (χ1n) is 28.2. The summed E-state index contributed by atoms with van der Waals surface area (Å²) in [4.78, 5) is 11.0. The van der Waals surface area contributed by atoms with Gasteiger partial charge in [-0.15, -0.1) is 0 Å². The molecule has 30 atom stereocenters. The second kappa shape index (κ2) is 20.0. The summed E-state index contributed by atoms with van der Waals surface area (Å²) in [6.45, 7) is 7.98. The number of carbonyl (C=O) groups is 1. The summed E-state index contributed by atoms with van der Waals surface area (Å²) in [7, 11) is 0. The molecule has 0 spiro atoms. The van der Waals surface area contributed by atoms with E-state index < -0.39 is 78.3 Å². The lowest BCUT2D eigenvalue weighted by Crippen LogP contribution is -2.65. The molecule has 4 N–H and O–H groups in total. The van der Waals surface area contributed by atoms with Gasteiger partial charge in [-0.25, -0.2) is 0 Å². The van der Waals surface area contributed by atoms with E-state index in [1.807, 2.05) is 13.0 Å². The fourth-order valence-corrected chi connectivity index (χ4v) is 15.8. The van der Waals surface area contributed by atoms with Crippen molar-refractivity contribution in [3.05, 3.63) is 23.8 Å². The predicted octanol–water partition coefficient (Wildman–Crippen LogP) is 3.15. The van der Waals surface area contributed by atoms with Crippen LogP contribution in [0.2, 0.25) is 0 Å². The van der Waals surface area contributed by atoms with Gasteiger partial charge in [0.15, 0.2) is 0 Å². The van der Waals surface area contributed by atoms with Crippen LogP contribution in [-0.2, 0) is 66.4 Å². The fraction of sp³-hybridized carbons (Fsp3) is 0.909. The highest BCUT2D eigenvalue weighted by molar-refractivity contribution is 5.72. The number of fused-ring (bicyclic) bond motifs is 12. The molecule has 0 aliphatic carbocycles. The molecule has 0 aromatic carbocycles. The molecule has 13 heterocycles. The van der Waals surface area contributed by atoms with Gasteiger partial charge in [0.25, 0.3) is 0 Å². The van der Waals surface area contributed by atoms with Crippen LogP contribution in [0.5, 0.6) is 0 Å². The Kier molecular flexibility index (Phi) is 13.9. The van der Waals surface area contributed by atoms with Gasteiger partial charge in [0.1, 0.15) is 18.5 Å². The summed E-state index contributed by atoms with van der Waals surface area (Å²) >= 11 is 0. The van der Waals surface area contributed by atoms with E-state index in [1.54, 1.807) is 19.1 Å². The topological polar surface area (TPSA) is 218 Å². The molecule has 13 rings (SSSR count). The summed E-state index contributed by atoms with van der Waals surface area (Å²) in [6.07, 6.45) is 6.30. The molecule has 18 nitrogen and oxygen atoms in total. The molecule has 73 heavy (non-hydrogen) atoms. The first-order chi connectivity index (χ1) is 35.2. The molecular formula is C55H80O18. The molecule has 13 fully saturated rings. The van der Waals surface area contributed by atoms with E-state index in [1.165, 1.54) is 0 Å². The summed E-state index contributed by atoms with van der Waals surface area (Å²) in [6, 6.07) is 0. The third-order valence-electron chi connectivity index (χ3n) is 19.7. The number of aldehydes is 1. The van der Waals surface area contributed by atoms with Gasteiger partial charge in [0, 0.05) is 70.6 Å². The minimum atomic E-state index is -0.961. The summed E-state index contributed by atoms with van der Waals surface area (Å²) in [5.74, 6) is 0. The van der Waals surface area contributed by atoms with Crippen LogP contribution in [0.15, 0.2) is 23.8 Å². The van der Waals surface area contributed by atoms with Crippen LogP contribution in [0.3, 0.4) is 0 Å². The SMILES string of the molecule is CC(C=O)=CC=CC[C@@H]1O[C@@H]2C[C@@H]3O[C@@H]4C[C@@H]5O[C@@H]6CC[C@@H]7O[C@@H]8C[C@@H]9O[C@@H]%10C[C@]%11(C)O[C@@H]%12C[C@@H]%13O[C@H](C)[C@@H](O)C[C@H]%13O[C@H]%12CC[C@H]%11O[C@H]%10C[C@H]9O[C@H]8C[C@H]7O[C@@]6(C)C[C@H]5O[C@H]4[C@@H](O)C[C@H]3O[C@H]2[C@@H](O)C[C@H]1O. The van der Waals surface area contributed by atoms with Crippen LogP contribution in [0.25, 0.3) is 0 Å². The van der Waals surface area contributed by atoms with E-state index in [4.69, 9.17) is 61.6 Å². The highest BCUT2D eigenvalue weighted by Crippen LogP contribution is 2.51. The van der Waals surface area contributed by atoms with E-state index in [9.17, 15) is 25.2 Å². The molecule has 13 aliphatic rings. The molecule has 0 bridgehead atoms. The van der Waals surface area contributed by atoms with Crippen molar-refractivity contribution < 1.29 is 86.8 Å². The average molecular weight is 1030 g/mol. The smallest absolute Gasteiger partial charge is 0.145 e. The zero-order chi connectivity index (χ0) is 50.1. The fourth-order valence-electron chi connectivity index (χ4n) is 15.8. The van der Waals surface area contributed by atoms with Crippen LogP contribution in [0.1, 0.15) is 130 Å². The molecule has 13 saturated heterocycles. The van der Waals surface area contributed by atoms with Crippen molar-refractivity contribution in [3.8, 4) is 0 Å². The first-order valence-corrected chi connectivity index (χ1v) is 28.2. The lowest BCUT2D eigenvalue weighted by molar-refractivity contribution is -0.329. The van der Waals surface area contributed by atoms with Crippen molar-refractivity contribution >= 4 is 6.29 Å². The van der Waals surface area contributed by atoms with Crippen molar-refractivity contribution in [1.29, 1.82) is 0 Å². The minimum absolute atomic E-state index is 0.0633. The Labute approximate surface area is 428 Å². The maximum absolute atomic E-state index is 11.8. The second-order valence-corrected chi connectivity index (χ2v) is 24.8. The zero-order valence-electron chi connectivity index (χ0n) is 42.8. The minimum Gasteiger partial charge on any atom is -0.390 e. The highest BCUT2D eigenvalue weighted by atomic mass is 16.7. The molecule has 13 aliphatic heterocycles. The van der Waals surface area contributed by atoms with Crippen LogP contribution in [-0.4, -0.2) is 209 Å². The summed E-state index contributed by atoms with van der Waals surface area (Å²) in [5.41, 5.74) is -0.605. The predicted molar refractivity (Wildman–Crippen MR) is 254 cm³/mol. The second-order valence-electron chi connectivity index (χ2n) is 24.8. The van der Waals surface area contributed by atoms with Gasteiger partial charge in [-0.05, 0) is 65.4 Å². The Morgan fingerprint density at radius 3 is 1.48 bits per heavy atom. The van der Waals surface area contributed by atoms with Gasteiger partial charge < -0.3 is 82.0 Å². The van der Waals surface area contributed by atoms with E-state index in [0.717, 1.165) is 57.7 Å². The standard InChI is InChI=1S/C55H80O18/c1-25(24-56)7-5-6-8-31-28(58)13-29(59)52-46(62-31)20-41-35(70-52)15-30(60)53-47(66-41)21-43-49(71-53)23-55(4)51(69-43)12-10-33-45(73-55)19-40-37(64-33)16-39-38(65-40)17-42-48(67-39)22-54(3)50(68-42)11-9-32-44(72-54)18-36-34(63-32)14-27(57)26(2)61-36/h5-7,24,26-53,57-60H,8-23H2,1-4H3/t26-,27+,28-,29+,30+,31+,32+,33+,34-,35-,36+,37-,38-,39+,40+,41+,42+,43+,44-,45-,46-,47-,48-,49-,50-,51-,52+,53+,54+,55+/m1/s1. The van der Waals surface area contributed by atoms with Crippen molar-refractivity contribution in [2.75, 3.05) is 0 Å². The van der Waals surface area contributed by atoms with Crippen LogP contribution >= 0.6 is 0 Å². The Balaban J connectivity index is 0.634. The Bertz CT molecular complexity index is 2060. The third kappa shape index (κ3) is 9.60. The molecule has 18 heteroatoms. The van der Waals surface area contributed by atoms with Crippen molar-refractivity contribution in [1.82, 2.24) is 0 Å². The van der Waals surface area contributed by atoms with Gasteiger partial charge in [0.05, 0.1) is 170 Å². The first kappa shape index (κ1) is 50.9. The number of carbonyl (C=O) groups excluding carboxylic acids is 1. The van der Waals surface area contributed by atoms with Crippen LogP contribution < -0.4 is 0 Å². The normalized spacial score (nSPS) is 57.7. The number of aliphatic hydroxyl groups excluding tert-OH is 4. The van der Waals surface area contributed by atoms with E-state index in [-0.39, 0.29) is 117 Å². The molecule has 0 unspecified atom stereocenters. The third-order valence-corrected chi connectivity index (χ3v) is 19.7. The van der Waals surface area contributed by atoms with Gasteiger partial charge >= 0.3 is 0 Å². The Morgan fingerprint density at radius 1 is 0.452 bits per heavy atom. The number of aliphatic hydroxyl groups is 4. The number of ether oxygens (including phenoxy) is 13. The molecular weight excluding hydrogens is 949 g/mol. The van der Waals surface area contributed by atoms with Gasteiger partial charge in [-0.2, -0.15) is 0 Å². The summed E-state index contributed by atoms with van der Waals surface area (Å²) in [5, 5.41) is 44.6. The van der Waals surface area contributed by atoms with Crippen LogP contribution in [0.4, 0.5) is 0 Å². The van der Waals surface area contributed by atoms with Crippen molar-refractivity contribution in [2.45, 2.75) is 313 Å². The van der Waals surface area contributed by atoms with Gasteiger partial charge in [-0.3, -0.25) is 4.79 Å². The summed E-state index contributed by atoms with van der Waals surface area (Å²) < 4.78 is 88.7. The molecule has 0 aromatic rings. The zero-order valence-corrected chi connectivity index (χ0v) is 42.8. The van der Waals surface area contributed by atoms with Gasteiger partial charge in [0.2, 0.25) is 0 Å². The van der Waals surface area contributed by atoms with E-state index in [2.05, 4.69) is 13.8 Å². The van der Waals surface area contributed by atoms with Crippen molar-refractivity contribution in [3.63, 3.8) is 0 Å². The van der Waals surface area contributed by atoms with E-state index in [0.29, 0.717) is 44.1 Å². The highest BCUT2D eigenvalue weighted by Gasteiger charge is 2.61. The number of hydrogen-bond acceptors (Lipinski definition) is 18. The Morgan fingerprint density at radius 2 is 0.877 bits per heavy atom.